The molecule has 0 bridgehead atoms. The van der Waals surface area contributed by atoms with Crippen molar-refractivity contribution in [1.29, 1.82) is 0 Å². The molecule has 1 fully saturated rings. The molecule has 1 saturated heterocycles. The van der Waals surface area contributed by atoms with Crippen LogP contribution in [0.1, 0.15) is 26.6 Å². The average Bonchev–Trinajstić information content (AvgIpc) is 2.21. The maximum Gasteiger partial charge on any atom is 0.410 e. The maximum atomic E-state index is 11.7. The summed E-state index contributed by atoms with van der Waals surface area (Å²) in [5.74, 6) is 1.28. The van der Waals surface area contributed by atoms with Crippen LogP contribution in [0.15, 0.2) is 18.5 Å². The molecule has 2 heterocycles. The van der Waals surface area contributed by atoms with E-state index >= 15 is 0 Å². The molecule has 0 atom stereocenters. The van der Waals surface area contributed by atoms with Gasteiger partial charge in [-0.25, -0.2) is 14.8 Å². The van der Waals surface area contributed by atoms with Gasteiger partial charge in [0.2, 0.25) is 0 Å². The van der Waals surface area contributed by atoms with Gasteiger partial charge < -0.3 is 9.64 Å². The van der Waals surface area contributed by atoms with Crippen LogP contribution in [0.4, 0.5) is 4.79 Å². The minimum absolute atomic E-state index is 0.229. The molecular weight excluding hydrogens is 230 g/mol. The summed E-state index contributed by atoms with van der Waals surface area (Å²) in [6.45, 7) is 7.08. The smallest absolute Gasteiger partial charge is 0.410 e. The lowest BCUT2D eigenvalue weighted by Gasteiger charge is -2.39. The number of nitrogens with zero attached hydrogens (tertiary/aromatic N) is 3. The van der Waals surface area contributed by atoms with Gasteiger partial charge in [-0.15, -0.1) is 0 Å². The molecule has 0 aliphatic carbocycles. The minimum atomic E-state index is -0.426. The van der Waals surface area contributed by atoms with Gasteiger partial charge in [-0.1, -0.05) is 0 Å². The van der Waals surface area contributed by atoms with E-state index in [1.54, 1.807) is 23.4 Å². The SMILES string of the molecule is CC(C)(C)OC(=O)N1CC(Cc2ncccn2)C1. The van der Waals surface area contributed by atoms with Gasteiger partial charge in [0.05, 0.1) is 0 Å². The Morgan fingerprint density at radius 1 is 1.39 bits per heavy atom. The number of rotatable bonds is 2. The largest absolute Gasteiger partial charge is 0.444 e. The van der Waals surface area contributed by atoms with Crippen LogP contribution < -0.4 is 0 Å². The molecule has 5 nitrogen and oxygen atoms in total. The lowest BCUT2D eigenvalue weighted by Crippen LogP contribution is -2.52. The number of hydrogen-bond acceptors (Lipinski definition) is 4. The Hall–Kier alpha value is -1.65. The van der Waals surface area contributed by atoms with Gasteiger partial charge >= 0.3 is 6.09 Å². The van der Waals surface area contributed by atoms with Gasteiger partial charge in [0.15, 0.2) is 0 Å². The number of amides is 1. The number of likely N-dealkylation sites (tertiary alicyclic amines) is 1. The van der Waals surface area contributed by atoms with Crippen LogP contribution in [0.25, 0.3) is 0 Å². The molecule has 1 aromatic rings. The van der Waals surface area contributed by atoms with Gasteiger partial charge in [0.1, 0.15) is 11.4 Å². The maximum absolute atomic E-state index is 11.7. The van der Waals surface area contributed by atoms with Crippen LogP contribution >= 0.6 is 0 Å². The van der Waals surface area contributed by atoms with Crippen LogP contribution in [0, 0.1) is 5.92 Å². The Morgan fingerprint density at radius 3 is 2.56 bits per heavy atom. The first-order chi connectivity index (χ1) is 8.44. The highest BCUT2D eigenvalue weighted by atomic mass is 16.6. The third kappa shape index (κ3) is 3.42. The summed E-state index contributed by atoms with van der Waals surface area (Å²) in [4.78, 5) is 21.8. The molecule has 1 aliphatic rings. The molecule has 18 heavy (non-hydrogen) atoms. The molecule has 0 radical (unpaired) electrons. The normalized spacial score (nSPS) is 16.3. The van der Waals surface area contributed by atoms with Gasteiger partial charge in [0.25, 0.3) is 0 Å². The van der Waals surface area contributed by atoms with E-state index < -0.39 is 5.60 Å². The summed E-state index contributed by atoms with van der Waals surface area (Å²) in [6, 6.07) is 1.80. The van der Waals surface area contributed by atoms with Crippen LogP contribution in [-0.4, -0.2) is 39.7 Å². The van der Waals surface area contributed by atoms with Gasteiger partial charge in [-0.05, 0) is 26.8 Å². The molecule has 1 aromatic heterocycles. The van der Waals surface area contributed by atoms with Crippen molar-refractivity contribution in [2.75, 3.05) is 13.1 Å². The standard InChI is InChI=1S/C13H19N3O2/c1-13(2,3)18-12(17)16-8-10(9-16)7-11-14-5-4-6-15-11/h4-6,10H,7-9H2,1-3H3. The summed E-state index contributed by atoms with van der Waals surface area (Å²) in [5, 5.41) is 0. The first-order valence-corrected chi connectivity index (χ1v) is 6.18. The molecule has 0 spiro atoms. The number of ether oxygens (including phenoxy) is 1. The highest BCUT2D eigenvalue weighted by molar-refractivity contribution is 5.69. The molecule has 0 aromatic carbocycles. The van der Waals surface area contributed by atoms with E-state index in [2.05, 4.69) is 9.97 Å². The Bertz CT molecular complexity index is 408. The Kier molecular flexibility index (Phi) is 3.50. The van der Waals surface area contributed by atoms with Crippen LogP contribution in [0.3, 0.4) is 0 Å². The van der Waals surface area contributed by atoms with Gasteiger partial charge in [-0.3, -0.25) is 0 Å². The summed E-state index contributed by atoms with van der Waals surface area (Å²) in [7, 11) is 0. The van der Waals surface area contributed by atoms with Crippen molar-refractivity contribution in [3.05, 3.63) is 24.3 Å². The second kappa shape index (κ2) is 4.92. The topological polar surface area (TPSA) is 55.3 Å². The summed E-state index contributed by atoms with van der Waals surface area (Å²) in [6.07, 6.45) is 4.08. The number of carbonyl (C=O) groups is 1. The van der Waals surface area contributed by atoms with Crippen LogP contribution in [0.5, 0.6) is 0 Å². The monoisotopic (exact) mass is 249 g/mol. The lowest BCUT2D eigenvalue weighted by atomic mass is 9.96. The Balaban J connectivity index is 1.76. The summed E-state index contributed by atoms with van der Waals surface area (Å²) in [5.41, 5.74) is -0.426. The summed E-state index contributed by atoms with van der Waals surface area (Å²) >= 11 is 0. The van der Waals surface area contributed by atoms with E-state index in [4.69, 9.17) is 4.74 Å². The fourth-order valence-electron chi connectivity index (χ4n) is 1.87. The van der Waals surface area contributed by atoms with Crippen molar-refractivity contribution < 1.29 is 9.53 Å². The van der Waals surface area contributed by atoms with E-state index in [0.29, 0.717) is 5.92 Å². The highest BCUT2D eigenvalue weighted by Gasteiger charge is 2.33. The molecule has 5 heteroatoms. The van der Waals surface area contributed by atoms with E-state index in [-0.39, 0.29) is 6.09 Å². The molecular formula is C13H19N3O2. The van der Waals surface area contributed by atoms with Crippen molar-refractivity contribution in [1.82, 2.24) is 14.9 Å². The third-order valence-corrected chi connectivity index (χ3v) is 2.70. The zero-order valence-electron chi connectivity index (χ0n) is 11.1. The van der Waals surface area contributed by atoms with E-state index in [0.717, 1.165) is 25.3 Å². The fraction of sp³-hybridized carbons (Fsp3) is 0.615. The quantitative estimate of drug-likeness (QED) is 0.803. The van der Waals surface area contributed by atoms with Crippen LogP contribution in [0.2, 0.25) is 0 Å². The zero-order chi connectivity index (χ0) is 13.2. The van der Waals surface area contributed by atoms with Crippen molar-refractivity contribution in [2.24, 2.45) is 5.92 Å². The predicted molar refractivity (Wildman–Crippen MR) is 67.0 cm³/mol. The zero-order valence-corrected chi connectivity index (χ0v) is 11.1. The number of hydrogen-bond donors (Lipinski definition) is 0. The molecule has 1 aliphatic heterocycles. The van der Waals surface area contributed by atoms with Crippen molar-refractivity contribution in [2.45, 2.75) is 32.8 Å². The van der Waals surface area contributed by atoms with Gasteiger partial charge in [0, 0.05) is 37.8 Å². The fourth-order valence-corrected chi connectivity index (χ4v) is 1.87. The first kappa shape index (κ1) is 12.8. The van der Waals surface area contributed by atoms with E-state index in [9.17, 15) is 4.79 Å². The van der Waals surface area contributed by atoms with Crippen LogP contribution in [-0.2, 0) is 11.2 Å². The molecule has 0 saturated carbocycles. The Morgan fingerprint density at radius 2 is 2.00 bits per heavy atom. The molecule has 1 amide bonds. The second-order valence-corrected chi connectivity index (χ2v) is 5.62. The third-order valence-electron chi connectivity index (χ3n) is 2.70. The van der Waals surface area contributed by atoms with Crippen molar-refractivity contribution >= 4 is 6.09 Å². The van der Waals surface area contributed by atoms with E-state index in [1.807, 2.05) is 20.8 Å². The van der Waals surface area contributed by atoms with Crippen molar-refractivity contribution in [3.8, 4) is 0 Å². The second-order valence-electron chi connectivity index (χ2n) is 5.62. The average molecular weight is 249 g/mol. The summed E-state index contributed by atoms with van der Waals surface area (Å²) < 4.78 is 5.30. The molecule has 0 N–H and O–H groups in total. The minimum Gasteiger partial charge on any atom is -0.444 e. The number of carbonyl (C=O) groups excluding carboxylic acids is 1. The highest BCUT2D eigenvalue weighted by Crippen LogP contribution is 2.21. The van der Waals surface area contributed by atoms with E-state index in [1.165, 1.54) is 0 Å². The van der Waals surface area contributed by atoms with Gasteiger partial charge in [-0.2, -0.15) is 0 Å². The van der Waals surface area contributed by atoms with Crippen molar-refractivity contribution in [3.63, 3.8) is 0 Å². The first-order valence-electron chi connectivity index (χ1n) is 6.18. The number of aromatic nitrogens is 2. The lowest BCUT2D eigenvalue weighted by molar-refractivity contribution is -0.00114. The predicted octanol–water partition coefficient (Wildman–Crippen LogP) is 1.89. The molecule has 0 unspecified atom stereocenters. The Labute approximate surface area is 107 Å². The molecule has 98 valence electrons. The molecule has 2 rings (SSSR count).